The molecule has 12 nitrogen and oxygen atoms in total. The van der Waals surface area contributed by atoms with Gasteiger partial charge in [0.2, 0.25) is 5.78 Å². The molecule has 2 heterocycles. The van der Waals surface area contributed by atoms with Crippen molar-refractivity contribution in [2.24, 2.45) is 0 Å². The van der Waals surface area contributed by atoms with Gasteiger partial charge in [-0.3, -0.25) is 14.4 Å². The number of hydrogen-bond donors (Lipinski definition) is 2. The summed E-state index contributed by atoms with van der Waals surface area (Å²) in [5.41, 5.74) is 12.0. The second-order valence-corrected chi connectivity index (χ2v) is 12.5. The molecule has 4 aromatic rings. The topological polar surface area (TPSA) is 169 Å². The Balaban J connectivity index is 0.000000394. The molecule has 272 valence electrons. The van der Waals surface area contributed by atoms with E-state index in [0.717, 1.165) is 22.6 Å². The van der Waals surface area contributed by atoms with Crippen molar-refractivity contribution in [3.63, 3.8) is 0 Å². The minimum Gasteiger partial charge on any atom is -0.493 e. The van der Waals surface area contributed by atoms with Gasteiger partial charge in [0.25, 0.3) is 5.91 Å². The summed E-state index contributed by atoms with van der Waals surface area (Å²) in [6.45, 7) is 8.57. The molecule has 0 saturated heterocycles. The van der Waals surface area contributed by atoms with Gasteiger partial charge >= 0.3 is 0 Å². The number of amides is 1. The molecular formula is C33H42BrF2N7O5S2. The number of aromatic nitrogens is 4. The molecule has 2 aromatic heterocycles. The summed E-state index contributed by atoms with van der Waals surface area (Å²) in [5.74, 6) is 1.25. The maximum Gasteiger partial charge on any atom is 0.282 e. The molecule has 50 heavy (non-hydrogen) atoms. The van der Waals surface area contributed by atoms with Crippen LogP contribution < -0.4 is 20.9 Å². The Hall–Kier alpha value is -4.06. The van der Waals surface area contributed by atoms with Crippen molar-refractivity contribution < 1.29 is 32.7 Å². The van der Waals surface area contributed by atoms with Crippen LogP contribution in [0, 0.1) is 11.6 Å². The standard InChI is InChI=1S/C15H16FN3O2S.C9H14N4O2S.C8H8BrFO.CH4/c1-3-21-12-6-5-9(16)7-10(12)13(20)11-8-18-15(22-4-2)19-14(11)17;1-4-16-9-11-5-6(7(10)12-9)8(14)13(2)15-3;1-2-11-8-4-3-6(10)5-7(8)9;/h5-8H,3-4H2,1-2H3,(H2,17,18,19);5H,4H2,1-3H3,(H2,10,11,12);3-5H,2H2,1H3;1H4. The number of hydroxylamine groups is 2. The fourth-order valence-corrected chi connectivity index (χ4v) is 5.16. The van der Waals surface area contributed by atoms with E-state index < -0.39 is 11.6 Å². The van der Waals surface area contributed by atoms with Gasteiger partial charge in [0, 0.05) is 19.4 Å². The predicted molar refractivity (Wildman–Crippen MR) is 198 cm³/mol. The Labute approximate surface area is 308 Å². The Kier molecular flexibility index (Phi) is 19.9. The summed E-state index contributed by atoms with van der Waals surface area (Å²) in [4.78, 5) is 45.3. The number of nitrogens with two attached hydrogens (primary N) is 2. The van der Waals surface area contributed by atoms with Crippen molar-refractivity contribution >= 4 is 62.8 Å². The number of anilines is 2. The average molecular weight is 799 g/mol. The lowest BCUT2D eigenvalue weighted by atomic mass is 10.0. The van der Waals surface area contributed by atoms with E-state index in [0.29, 0.717) is 39.5 Å². The molecule has 0 aliphatic heterocycles. The maximum absolute atomic E-state index is 13.5. The van der Waals surface area contributed by atoms with Crippen molar-refractivity contribution in [3.8, 4) is 11.5 Å². The molecule has 0 spiro atoms. The molecule has 0 saturated carbocycles. The lowest BCUT2D eigenvalue weighted by Gasteiger charge is -2.14. The van der Waals surface area contributed by atoms with Gasteiger partial charge in [-0.15, -0.1) is 0 Å². The van der Waals surface area contributed by atoms with Gasteiger partial charge < -0.3 is 20.9 Å². The highest BCUT2D eigenvalue weighted by Crippen LogP contribution is 2.26. The smallest absolute Gasteiger partial charge is 0.282 e. The van der Waals surface area contributed by atoms with E-state index >= 15 is 0 Å². The first-order valence-corrected chi connectivity index (χ1v) is 17.5. The number of nitrogen functional groups attached to an aromatic ring is 2. The lowest BCUT2D eigenvalue weighted by molar-refractivity contribution is -0.0756. The molecule has 0 aliphatic carbocycles. The molecular weight excluding hydrogens is 756 g/mol. The molecule has 4 N–H and O–H groups in total. The fraction of sp³-hybridized carbons (Fsp3) is 0.333. The van der Waals surface area contributed by atoms with Gasteiger partial charge in [0.1, 0.15) is 40.3 Å². The quantitative estimate of drug-likeness (QED) is 0.0632. The van der Waals surface area contributed by atoms with Crippen molar-refractivity contribution in [3.05, 3.63) is 81.6 Å². The van der Waals surface area contributed by atoms with Crippen LogP contribution in [0.2, 0.25) is 0 Å². The van der Waals surface area contributed by atoms with Gasteiger partial charge in [0.15, 0.2) is 10.3 Å². The third kappa shape index (κ3) is 13.3. The number of thioether (sulfide) groups is 2. The summed E-state index contributed by atoms with van der Waals surface area (Å²) in [5, 5.41) is 2.14. The highest BCUT2D eigenvalue weighted by Gasteiger charge is 2.20. The molecule has 4 rings (SSSR count). The van der Waals surface area contributed by atoms with E-state index in [1.165, 1.54) is 74.3 Å². The van der Waals surface area contributed by atoms with Crippen LogP contribution in [0.4, 0.5) is 20.4 Å². The molecule has 2 aromatic carbocycles. The van der Waals surface area contributed by atoms with E-state index in [1.54, 1.807) is 13.0 Å². The SMILES string of the molecule is C.CCOc1ccc(F)cc1Br.CCOc1ccc(F)cc1C(=O)c1cnc(SCC)nc1N.CCSc1ncc(C(=O)N(C)OC)c(N)n1. The summed E-state index contributed by atoms with van der Waals surface area (Å²) >= 11 is 6.07. The molecule has 0 atom stereocenters. The number of carbonyl (C=O) groups excluding carboxylic acids is 2. The number of nitrogens with zero attached hydrogens (tertiary/aromatic N) is 5. The van der Waals surface area contributed by atoms with Crippen LogP contribution in [0.5, 0.6) is 11.5 Å². The zero-order valence-corrected chi connectivity index (χ0v) is 31.0. The zero-order chi connectivity index (χ0) is 36.5. The minimum absolute atomic E-state index is 0. The van der Waals surface area contributed by atoms with Crippen LogP contribution in [0.3, 0.4) is 0 Å². The summed E-state index contributed by atoms with van der Waals surface area (Å²) in [6.07, 6.45) is 2.78. The monoisotopic (exact) mass is 797 g/mol. The van der Waals surface area contributed by atoms with Gasteiger partial charge in [-0.05, 0) is 77.7 Å². The van der Waals surface area contributed by atoms with Crippen LogP contribution in [-0.4, -0.2) is 75.6 Å². The van der Waals surface area contributed by atoms with E-state index in [4.69, 9.17) is 25.8 Å². The van der Waals surface area contributed by atoms with Gasteiger partial charge in [-0.25, -0.2) is 33.8 Å². The largest absolute Gasteiger partial charge is 0.493 e. The Morgan fingerprint density at radius 1 is 0.800 bits per heavy atom. The summed E-state index contributed by atoms with van der Waals surface area (Å²) in [7, 11) is 2.90. The summed E-state index contributed by atoms with van der Waals surface area (Å²) < 4.78 is 37.2. The van der Waals surface area contributed by atoms with Crippen LogP contribution in [-0.2, 0) is 4.84 Å². The highest BCUT2D eigenvalue weighted by molar-refractivity contribution is 9.10. The third-order valence-corrected chi connectivity index (χ3v) is 7.96. The number of ketones is 1. The molecule has 17 heteroatoms. The molecule has 0 fully saturated rings. The Morgan fingerprint density at radius 2 is 1.28 bits per heavy atom. The van der Waals surface area contributed by atoms with Crippen LogP contribution in [0.15, 0.2) is 63.6 Å². The lowest BCUT2D eigenvalue weighted by Crippen LogP contribution is -2.26. The number of ether oxygens (including phenoxy) is 2. The van der Waals surface area contributed by atoms with E-state index in [-0.39, 0.29) is 47.5 Å². The number of carbonyl (C=O) groups is 2. The summed E-state index contributed by atoms with van der Waals surface area (Å²) in [6, 6.07) is 8.14. The molecule has 0 unspecified atom stereocenters. The Bertz CT molecular complexity index is 1710. The average Bonchev–Trinajstić information content (AvgIpc) is 3.07. The fourth-order valence-electron chi connectivity index (χ4n) is 3.60. The number of benzene rings is 2. The van der Waals surface area contributed by atoms with Gasteiger partial charge in [-0.2, -0.15) is 0 Å². The second kappa shape index (κ2) is 22.6. The van der Waals surface area contributed by atoms with Crippen LogP contribution >= 0.6 is 39.5 Å². The van der Waals surface area contributed by atoms with Gasteiger partial charge in [-0.1, -0.05) is 44.8 Å². The van der Waals surface area contributed by atoms with Crippen molar-refractivity contribution in [1.82, 2.24) is 25.0 Å². The first kappa shape index (κ1) is 44.0. The van der Waals surface area contributed by atoms with E-state index in [9.17, 15) is 18.4 Å². The predicted octanol–water partition coefficient (Wildman–Crippen LogP) is 7.37. The number of halogens is 3. The van der Waals surface area contributed by atoms with Crippen LogP contribution in [0.1, 0.15) is 61.4 Å². The van der Waals surface area contributed by atoms with Gasteiger partial charge in [0.05, 0.1) is 35.9 Å². The van der Waals surface area contributed by atoms with Crippen LogP contribution in [0.25, 0.3) is 0 Å². The molecule has 1 amide bonds. The second-order valence-electron chi connectivity index (χ2n) is 9.16. The third-order valence-electron chi connectivity index (χ3n) is 5.85. The van der Waals surface area contributed by atoms with Crippen molar-refractivity contribution in [2.45, 2.75) is 45.4 Å². The molecule has 0 bridgehead atoms. The number of rotatable bonds is 12. The first-order chi connectivity index (χ1) is 23.4. The number of hydrogen-bond acceptors (Lipinski definition) is 13. The van der Waals surface area contributed by atoms with Crippen molar-refractivity contribution in [2.75, 3.05) is 50.3 Å². The van der Waals surface area contributed by atoms with E-state index in [1.807, 2.05) is 20.8 Å². The first-order valence-electron chi connectivity index (χ1n) is 14.8. The zero-order valence-electron chi connectivity index (χ0n) is 27.8. The maximum atomic E-state index is 13.5. The highest BCUT2D eigenvalue weighted by atomic mass is 79.9. The minimum atomic E-state index is -0.524. The Morgan fingerprint density at radius 3 is 1.74 bits per heavy atom. The van der Waals surface area contributed by atoms with E-state index in [2.05, 4.69) is 35.9 Å². The van der Waals surface area contributed by atoms with Crippen molar-refractivity contribution in [1.29, 1.82) is 0 Å². The molecule has 0 aliphatic rings. The normalized spacial score (nSPS) is 10.0. The molecule has 0 radical (unpaired) electrons.